The van der Waals surface area contributed by atoms with E-state index in [0.717, 1.165) is 4.90 Å². The molecule has 0 radical (unpaired) electrons. The van der Waals surface area contributed by atoms with Crippen molar-refractivity contribution in [1.29, 1.82) is 0 Å². The Hall–Kier alpha value is -2.16. The van der Waals surface area contributed by atoms with Crippen molar-refractivity contribution in [3.8, 4) is 0 Å². The number of hydrogen-bond donors (Lipinski definition) is 4. The minimum atomic E-state index is -1.82. The minimum absolute atomic E-state index is 0.394. The van der Waals surface area contributed by atoms with Gasteiger partial charge in [-0.3, -0.25) is 14.4 Å². The van der Waals surface area contributed by atoms with Crippen LogP contribution in [0.3, 0.4) is 0 Å². The second-order valence-electron chi connectivity index (χ2n) is 4.43. The summed E-state index contributed by atoms with van der Waals surface area (Å²) >= 11 is 0. The van der Waals surface area contributed by atoms with Gasteiger partial charge >= 0.3 is 17.9 Å². The summed E-state index contributed by atoms with van der Waals surface area (Å²) in [6, 6.07) is -1.35. The molecule has 2 atom stereocenters. The van der Waals surface area contributed by atoms with Crippen molar-refractivity contribution in [1.82, 2.24) is 4.90 Å². The van der Waals surface area contributed by atoms with Gasteiger partial charge in [-0.1, -0.05) is 0 Å². The quantitative estimate of drug-likeness (QED) is 0.462. The number of nitrogens with two attached hydrogens (primary N) is 1. The largest absolute Gasteiger partial charge is 0.481 e. The number of carbonyl (C=O) groups excluding carboxylic acids is 1. The van der Waals surface area contributed by atoms with Gasteiger partial charge in [0.2, 0.25) is 5.91 Å². The lowest BCUT2D eigenvalue weighted by molar-refractivity contribution is -0.149. The van der Waals surface area contributed by atoms with E-state index in [-0.39, 0.29) is 0 Å². The molecular formula is C10H14N2O7. The summed E-state index contributed by atoms with van der Waals surface area (Å²) in [4.78, 5) is 44.9. The van der Waals surface area contributed by atoms with Gasteiger partial charge in [-0.25, -0.2) is 4.79 Å². The van der Waals surface area contributed by atoms with Crippen LogP contribution in [0, 0.1) is 0 Å². The first-order valence-electron chi connectivity index (χ1n) is 5.44. The maximum atomic E-state index is 11.7. The fourth-order valence-corrected chi connectivity index (χ4v) is 1.93. The second kappa shape index (κ2) is 5.22. The Morgan fingerprint density at radius 1 is 1.16 bits per heavy atom. The zero-order chi connectivity index (χ0) is 14.8. The number of nitrogens with zero attached hydrogens (tertiary/aromatic N) is 1. The highest BCUT2D eigenvalue weighted by Crippen LogP contribution is 2.26. The number of carboxylic acid groups (broad SMARTS) is 3. The smallest absolute Gasteiger partial charge is 0.326 e. The summed E-state index contributed by atoms with van der Waals surface area (Å²) in [5, 5.41) is 26.4. The molecule has 0 spiro atoms. The molecular weight excluding hydrogens is 260 g/mol. The third-order valence-corrected chi connectivity index (χ3v) is 2.97. The molecule has 0 saturated carbocycles. The molecule has 1 heterocycles. The van der Waals surface area contributed by atoms with Crippen molar-refractivity contribution in [2.45, 2.75) is 30.8 Å². The van der Waals surface area contributed by atoms with E-state index in [9.17, 15) is 19.2 Å². The minimum Gasteiger partial charge on any atom is -0.481 e. The summed E-state index contributed by atoms with van der Waals surface area (Å²) in [7, 11) is 0. The summed E-state index contributed by atoms with van der Waals surface area (Å²) in [6.45, 7) is -0.447. The van der Waals surface area contributed by atoms with Gasteiger partial charge in [0.25, 0.3) is 0 Å². The average molecular weight is 274 g/mol. The SMILES string of the molecule is N[C@@]1(C(=O)O)C[C@H](C(=O)O)N(C(=O)CCC(=O)O)C1. The van der Waals surface area contributed by atoms with E-state index in [1.807, 2.05) is 0 Å². The van der Waals surface area contributed by atoms with Crippen molar-refractivity contribution in [2.24, 2.45) is 5.73 Å². The lowest BCUT2D eigenvalue weighted by Gasteiger charge is -2.21. The molecule has 0 unspecified atom stereocenters. The number of rotatable bonds is 5. The standard InChI is InChI=1S/C10H14N2O7/c11-10(9(18)19)3-5(8(16)17)12(4-10)6(13)1-2-7(14)15/h5H,1-4,11H2,(H,14,15)(H,16,17)(H,18,19)/t5-,10+/m1/s1. The Kier molecular flexibility index (Phi) is 4.10. The number of hydrogen-bond acceptors (Lipinski definition) is 5. The van der Waals surface area contributed by atoms with Crippen LogP contribution in [0.15, 0.2) is 0 Å². The predicted octanol–water partition coefficient (Wildman–Crippen LogP) is -1.68. The molecule has 1 saturated heterocycles. The summed E-state index contributed by atoms with van der Waals surface area (Å²) in [6.07, 6.45) is -1.25. The molecule has 1 fully saturated rings. The summed E-state index contributed by atoms with van der Waals surface area (Å²) < 4.78 is 0. The number of carboxylic acids is 3. The highest BCUT2D eigenvalue weighted by molar-refractivity contribution is 5.90. The van der Waals surface area contributed by atoms with E-state index < -0.39 is 61.2 Å². The monoisotopic (exact) mass is 274 g/mol. The van der Waals surface area contributed by atoms with Gasteiger partial charge < -0.3 is 26.0 Å². The van der Waals surface area contributed by atoms with Crippen molar-refractivity contribution in [3.05, 3.63) is 0 Å². The molecule has 9 heteroatoms. The van der Waals surface area contributed by atoms with Crippen LogP contribution < -0.4 is 5.73 Å². The van der Waals surface area contributed by atoms with E-state index >= 15 is 0 Å². The maximum Gasteiger partial charge on any atom is 0.326 e. The highest BCUT2D eigenvalue weighted by Gasteiger charge is 2.51. The lowest BCUT2D eigenvalue weighted by atomic mass is 9.98. The number of likely N-dealkylation sites (tertiary alicyclic amines) is 1. The highest BCUT2D eigenvalue weighted by atomic mass is 16.4. The molecule has 1 rings (SSSR count). The first-order valence-corrected chi connectivity index (χ1v) is 5.44. The van der Waals surface area contributed by atoms with Crippen LogP contribution in [0.1, 0.15) is 19.3 Å². The Bertz CT molecular complexity index is 436. The zero-order valence-electron chi connectivity index (χ0n) is 9.90. The summed E-state index contributed by atoms with van der Waals surface area (Å²) in [5.74, 6) is -4.69. The van der Waals surface area contributed by atoms with Crippen LogP contribution >= 0.6 is 0 Å². The van der Waals surface area contributed by atoms with Gasteiger partial charge in [-0.2, -0.15) is 0 Å². The predicted molar refractivity (Wildman–Crippen MR) is 59.2 cm³/mol. The second-order valence-corrected chi connectivity index (χ2v) is 4.43. The molecule has 1 aliphatic heterocycles. The van der Waals surface area contributed by atoms with E-state index in [2.05, 4.69) is 0 Å². The van der Waals surface area contributed by atoms with Gasteiger partial charge in [0.05, 0.1) is 13.0 Å². The van der Waals surface area contributed by atoms with Crippen LogP contribution in [-0.2, 0) is 19.2 Å². The van der Waals surface area contributed by atoms with E-state index in [1.165, 1.54) is 0 Å². The normalized spacial score (nSPS) is 26.2. The maximum absolute atomic E-state index is 11.7. The van der Waals surface area contributed by atoms with E-state index in [4.69, 9.17) is 21.1 Å². The molecule has 5 N–H and O–H groups in total. The molecule has 1 aliphatic rings. The first-order chi connectivity index (χ1) is 8.67. The molecule has 0 aliphatic carbocycles. The lowest BCUT2D eigenvalue weighted by Crippen LogP contribution is -2.50. The molecule has 1 amide bonds. The third-order valence-electron chi connectivity index (χ3n) is 2.97. The molecule has 106 valence electrons. The van der Waals surface area contributed by atoms with Crippen molar-refractivity contribution in [3.63, 3.8) is 0 Å². The van der Waals surface area contributed by atoms with Crippen LogP contribution in [0.5, 0.6) is 0 Å². The Morgan fingerprint density at radius 2 is 1.74 bits per heavy atom. The van der Waals surface area contributed by atoms with Gasteiger partial charge in [0.1, 0.15) is 11.6 Å². The van der Waals surface area contributed by atoms with E-state index in [0.29, 0.717) is 0 Å². The van der Waals surface area contributed by atoms with E-state index in [1.54, 1.807) is 0 Å². The van der Waals surface area contributed by atoms with Gasteiger partial charge in [0, 0.05) is 12.8 Å². The van der Waals surface area contributed by atoms with Crippen LogP contribution in [0.2, 0.25) is 0 Å². The Morgan fingerprint density at radius 3 is 2.16 bits per heavy atom. The number of carbonyl (C=O) groups is 4. The fraction of sp³-hybridized carbons (Fsp3) is 0.600. The van der Waals surface area contributed by atoms with Crippen LogP contribution in [0.25, 0.3) is 0 Å². The Labute approximate surface area is 107 Å². The van der Waals surface area contributed by atoms with Gasteiger partial charge in [-0.05, 0) is 0 Å². The summed E-state index contributed by atoms with van der Waals surface area (Å²) in [5.41, 5.74) is 3.72. The van der Waals surface area contributed by atoms with Crippen LogP contribution in [0.4, 0.5) is 0 Å². The third kappa shape index (κ3) is 3.19. The zero-order valence-corrected chi connectivity index (χ0v) is 9.90. The average Bonchev–Trinajstić information content (AvgIpc) is 2.66. The molecule has 0 bridgehead atoms. The molecule has 0 aromatic carbocycles. The van der Waals surface area contributed by atoms with Crippen molar-refractivity contribution in [2.75, 3.05) is 6.54 Å². The van der Waals surface area contributed by atoms with Gasteiger partial charge in [-0.15, -0.1) is 0 Å². The fourth-order valence-electron chi connectivity index (χ4n) is 1.93. The van der Waals surface area contributed by atoms with Gasteiger partial charge in [0.15, 0.2) is 0 Å². The molecule has 0 aromatic heterocycles. The number of aliphatic carboxylic acids is 3. The van der Waals surface area contributed by atoms with Crippen molar-refractivity contribution < 1.29 is 34.5 Å². The van der Waals surface area contributed by atoms with Crippen LogP contribution in [-0.4, -0.2) is 62.2 Å². The van der Waals surface area contributed by atoms with Crippen molar-refractivity contribution >= 4 is 23.8 Å². The Balaban J connectivity index is 2.85. The molecule has 0 aromatic rings. The first kappa shape index (κ1) is 14.9. The molecule has 9 nitrogen and oxygen atoms in total. The molecule has 19 heavy (non-hydrogen) atoms. The topological polar surface area (TPSA) is 158 Å². The number of amides is 1.